The number of rotatable bonds is 2. The van der Waals surface area contributed by atoms with Crippen molar-refractivity contribution in [1.82, 2.24) is 15.2 Å². The van der Waals surface area contributed by atoms with E-state index in [0.717, 1.165) is 36.0 Å². The number of aryl methyl sites for hydroxylation is 2. The first-order valence-electron chi connectivity index (χ1n) is 7.27. The van der Waals surface area contributed by atoms with Crippen molar-refractivity contribution in [3.63, 3.8) is 0 Å². The Labute approximate surface area is 119 Å². The Morgan fingerprint density at radius 2 is 1.60 bits per heavy atom. The van der Waals surface area contributed by atoms with Gasteiger partial charge in [-0.3, -0.25) is 0 Å². The quantitative estimate of drug-likeness (QED) is 0.839. The molecular weight excluding hydrogens is 248 g/mol. The fourth-order valence-corrected chi connectivity index (χ4v) is 2.60. The van der Waals surface area contributed by atoms with E-state index < -0.39 is 0 Å². The Morgan fingerprint density at radius 1 is 0.900 bits per heavy atom. The zero-order valence-electron chi connectivity index (χ0n) is 12.1. The minimum absolute atomic E-state index is 0.719. The van der Waals surface area contributed by atoms with Crippen molar-refractivity contribution < 1.29 is 0 Å². The van der Waals surface area contributed by atoms with Gasteiger partial charge in [-0.05, 0) is 33.1 Å². The molecule has 104 valence electrons. The molecule has 4 heteroatoms. The van der Waals surface area contributed by atoms with Gasteiger partial charge in [0.1, 0.15) is 5.69 Å². The van der Waals surface area contributed by atoms with Crippen LogP contribution in [-0.4, -0.2) is 28.3 Å². The van der Waals surface area contributed by atoms with Crippen LogP contribution in [0, 0.1) is 13.8 Å². The van der Waals surface area contributed by atoms with E-state index in [0.29, 0.717) is 0 Å². The van der Waals surface area contributed by atoms with E-state index in [1.54, 1.807) is 0 Å². The molecule has 20 heavy (non-hydrogen) atoms. The Morgan fingerprint density at radius 3 is 2.30 bits per heavy atom. The molecule has 0 aliphatic carbocycles. The molecule has 0 radical (unpaired) electrons. The summed E-state index contributed by atoms with van der Waals surface area (Å²) in [6.45, 7) is 6.22. The molecule has 1 fully saturated rings. The lowest BCUT2D eigenvalue weighted by Crippen LogP contribution is -2.31. The Balaban J connectivity index is 1.95. The first-order chi connectivity index (χ1) is 9.74. The fraction of sp³-hybridized carbons (Fsp3) is 0.438. The van der Waals surface area contributed by atoms with E-state index in [-0.39, 0.29) is 0 Å². The topological polar surface area (TPSA) is 41.9 Å². The summed E-state index contributed by atoms with van der Waals surface area (Å²) in [5, 5.41) is 8.54. The van der Waals surface area contributed by atoms with Gasteiger partial charge < -0.3 is 4.90 Å². The van der Waals surface area contributed by atoms with E-state index in [4.69, 9.17) is 4.98 Å². The van der Waals surface area contributed by atoms with Gasteiger partial charge in [0.15, 0.2) is 11.6 Å². The maximum atomic E-state index is 4.75. The van der Waals surface area contributed by atoms with Gasteiger partial charge in [0.05, 0.1) is 0 Å². The van der Waals surface area contributed by atoms with Crippen LogP contribution >= 0.6 is 0 Å². The minimum atomic E-state index is 0.719. The minimum Gasteiger partial charge on any atom is -0.355 e. The molecule has 1 aliphatic heterocycles. The Kier molecular flexibility index (Phi) is 3.63. The van der Waals surface area contributed by atoms with E-state index in [9.17, 15) is 0 Å². The normalized spacial score (nSPS) is 15.4. The average Bonchev–Trinajstić information content (AvgIpc) is 2.50. The number of piperidine rings is 1. The molecule has 0 amide bonds. The van der Waals surface area contributed by atoms with Crippen molar-refractivity contribution in [1.29, 1.82) is 0 Å². The molecule has 3 rings (SSSR count). The highest BCUT2D eigenvalue weighted by molar-refractivity contribution is 5.58. The summed E-state index contributed by atoms with van der Waals surface area (Å²) in [4.78, 5) is 7.09. The van der Waals surface area contributed by atoms with Gasteiger partial charge in [-0.1, -0.05) is 29.8 Å². The second-order valence-corrected chi connectivity index (χ2v) is 5.46. The van der Waals surface area contributed by atoms with Crippen molar-refractivity contribution in [2.75, 3.05) is 18.0 Å². The van der Waals surface area contributed by atoms with Crippen molar-refractivity contribution in [2.45, 2.75) is 33.1 Å². The van der Waals surface area contributed by atoms with Crippen LogP contribution < -0.4 is 4.90 Å². The number of hydrogen-bond acceptors (Lipinski definition) is 4. The van der Waals surface area contributed by atoms with Crippen LogP contribution in [0.3, 0.4) is 0 Å². The number of hydrogen-bond donors (Lipinski definition) is 0. The predicted octanol–water partition coefficient (Wildman–Crippen LogP) is 3.15. The summed E-state index contributed by atoms with van der Waals surface area (Å²) in [5.41, 5.74) is 3.19. The molecule has 1 aromatic heterocycles. The maximum absolute atomic E-state index is 4.75. The first-order valence-corrected chi connectivity index (χ1v) is 7.27. The third kappa shape index (κ3) is 2.64. The van der Waals surface area contributed by atoms with Gasteiger partial charge in [0.25, 0.3) is 0 Å². The molecule has 0 spiro atoms. The van der Waals surface area contributed by atoms with E-state index in [1.807, 2.05) is 6.92 Å². The van der Waals surface area contributed by atoms with Crippen LogP contribution in [0.1, 0.15) is 30.5 Å². The van der Waals surface area contributed by atoms with Crippen molar-refractivity contribution in [3.05, 3.63) is 35.5 Å². The lowest BCUT2D eigenvalue weighted by Gasteiger charge is -2.28. The van der Waals surface area contributed by atoms with Crippen molar-refractivity contribution in [2.24, 2.45) is 0 Å². The molecule has 2 heterocycles. The number of aromatic nitrogens is 3. The molecular formula is C16H20N4. The second-order valence-electron chi connectivity index (χ2n) is 5.46. The first kappa shape index (κ1) is 13.0. The van der Waals surface area contributed by atoms with Gasteiger partial charge >= 0.3 is 0 Å². The largest absolute Gasteiger partial charge is 0.355 e. The molecule has 0 bridgehead atoms. The maximum Gasteiger partial charge on any atom is 0.183 e. The molecule has 2 aromatic rings. The highest BCUT2D eigenvalue weighted by Gasteiger charge is 2.16. The van der Waals surface area contributed by atoms with Crippen LogP contribution in [0.15, 0.2) is 24.3 Å². The second kappa shape index (κ2) is 5.57. The van der Waals surface area contributed by atoms with Crippen LogP contribution in [-0.2, 0) is 0 Å². The Bertz CT molecular complexity index is 586. The molecule has 1 aliphatic rings. The third-order valence-electron chi connectivity index (χ3n) is 3.80. The van der Waals surface area contributed by atoms with E-state index in [2.05, 4.69) is 46.3 Å². The molecule has 4 nitrogen and oxygen atoms in total. The van der Waals surface area contributed by atoms with Crippen LogP contribution in [0.4, 0.5) is 5.82 Å². The standard InChI is InChI=1S/C16H20N4/c1-12-6-8-14(9-7-12)15-17-16(13(2)18-19-15)20-10-4-3-5-11-20/h6-9H,3-5,10-11H2,1-2H3. The molecule has 0 atom stereocenters. The lowest BCUT2D eigenvalue weighted by molar-refractivity contribution is 0.570. The zero-order chi connectivity index (χ0) is 13.9. The van der Waals surface area contributed by atoms with Gasteiger partial charge in [-0.2, -0.15) is 0 Å². The number of nitrogens with zero attached hydrogens (tertiary/aromatic N) is 4. The smallest absolute Gasteiger partial charge is 0.183 e. The zero-order valence-corrected chi connectivity index (χ0v) is 12.1. The molecule has 0 unspecified atom stereocenters. The van der Waals surface area contributed by atoms with Crippen molar-refractivity contribution >= 4 is 5.82 Å². The van der Waals surface area contributed by atoms with E-state index >= 15 is 0 Å². The van der Waals surface area contributed by atoms with Gasteiger partial charge in [-0.25, -0.2) is 4.98 Å². The molecule has 0 N–H and O–H groups in total. The predicted molar refractivity (Wildman–Crippen MR) is 80.8 cm³/mol. The SMILES string of the molecule is Cc1ccc(-c2nnc(C)c(N3CCCCC3)n2)cc1. The molecule has 0 saturated carbocycles. The highest BCUT2D eigenvalue weighted by atomic mass is 15.3. The summed E-state index contributed by atoms with van der Waals surface area (Å²) >= 11 is 0. The lowest BCUT2D eigenvalue weighted by atomic mass is 10.1. The molecule has 1 aromatic carbocycles. The monoisotopic (exact) mass is 268 g/mol. The summed E-state index contributed by atoms with van der Waals surface area (Å²) < 4.78 is 0. The summed E-state index contributed by atoms with van der Waals surface area (Å²) in [5.74, 6) is 1.71. The van der Waals surface area contributed by atoms with Crippen LogP contribution in [0.25, 0.3) is 11.4 Å². The number of benzene rings is 1. The fourth-order valence-electron chi connectivity index (χ4n) is 2.60. The highest BCUT2D eigenvalue weighted by Crippen LogP contribution is 2.23. The van der Waals surface area contributed by atoms with Crippen LogP contribution in [0.2, 0.25) is 0 Å². The summed E-state index contributed by atoms with van der Waals surface area (Å²) in [6.07, 6.45) is 3.80. The Hall–Kier alpha value is -1.97. The van der Waals surface area contributed by atoms with Crippen molar-refractivity contribution in [3.8, 4) is 11.4 Å². The number of anilines is 1. The summed E-state index contributed by atoms with van der Waals surface area (Å²) in [6, 6.07) is 8.28. The van der Waals surface area contributed by atoms with Gasteiger partial charge in [0, 0.05) is 18.7 Å². The third-order valence-corrected chi connectivity index (χ3v) is 3.80. The average molecular weight is 268 g/mol. The van der Waals surface area contributed by atoms with Gasteiger partial charge in [0.2, 0.25) is 0 Å². The van der Waals surface area contributed by atoms with Crippen LogP contribution in [0.5, 0.6) is 0 Å². The molecule has 1 saturated heterocycles. The summed E-state index contributed by atoms with van der Waals surface area (Å²) in [7, 11) is 0. The van der Waals surface area contributed by atoms with Gasteiger partial charge in [-0.15, -0.1) is 10.2 Å². The van der Waals surface area contributed by atoms with E-state index in [1.165, 1.54) is 24.8 Å².